The van der Waals surface area contributed by atoms with Crippen molar-refractivity contribution < 1.29 is 17.9 Å². The van der Waals surface area contributed by atoms with E-state index in [-0.39, 0.29) is 29.2 Å². The number of benzene rings is 1. The van der Waals surface area contributed by atoms with Crippen molar-refractivity contribution >= 4 is 27.5 Å². The number of hydrogen-bond acceptors (Lipinski definition) is 5. The molecule has 10 heteroatoms. The van der Waals surface area contributed by atoms with E-state index < -0.39 is 10.0 Å². The first-order valence-electron chi connectivity index (χ1n) is 7.95. The lowest BCUT2D eigenvalue weighted by molar-refractivity contribution is 0.0697. The highest BCUT2D eigenvalue weighted by Gasteiger charge is 2.33. The maximum Gasteiger partial charge on any atom is 0.263 e. The summed E-state index contributed by atoms with van der Waals surface area (Å²) in [4.78, 5) is 18.1. The molecule has 2 aromatic rings. The number of carbonyl (C=O) groups is 1. The molecule has 1 saturated heterocycles. The van der Waals surface area contributed by atoms with Gasteiger partial charge in [-0.05, 0) is 24.3 Å². The van der Waals surface area contributed by atoms with Gasteiger partial charge in [0.15, 0.2) is 0 Å². The third-order valence-electron chi connectivity index (χ3n) is 4.28. The molecule has 8 nitrogen and oxygen atoms in total. The Balaban J connectivity index is 1.68. The van der Waals surface area contributed by atoms with Gasteiger partial charge in [-0.3, -0.25) is 4.79 Å². The largest absolute Gasteiger partial charge is 0.497 e. The lowest BCUT2D eigenvalue weighted by Crippen LogP contribution is -2.50. The van der Waals surface area contributed by atoms with E-state index in [1.807, 2.05) is 0 Å². The van der Waals surface area contributed by atoms with E-state index in [2.05, 4.69) is 4.98 Å². The molecule has 140 valence electrons. The number of ether oxygens (including phenoxy) is 1. The van der Waals surface area contributed by atoms with Crippen molar-refractivity contribution in [2.24, 2.45) is 7.05 Å². The smallest absolute Gasteiger partial charge is 0.263 e. The number of amides is 1. The fourth-order valence-corrected chi connectivity index (χ4v) is 4.55. The molecule has 0 N–H and O–H groups in total. The van der Waals surface area contributed by atoms with E-state index in [0.29, 0.717) is 24.4 Å². The normalized spacial score (nSPS) is 15.9. The Bertz CT molecular complexity index is 903. The molecule has 1 fully saturated rings. The second-order valence-electron chi connectivity index (χ2n) is 5.88. The van der Waals surface area contributed by atoms with Gasteiger partial charge in [-0.2, -0.15) is 4.31 Å². The topological polar surface area (TPSA) is 84.7 Å². The number of aromatic nitrogens is 2. The highest BCUT2D eigenvalue weighted by atomic mass is 35.5. The summed E-state index contributed by atoms with van der Waals surface area (Å²) in [6, 6.07) is 6.82. The molecular weight excluding hydrogens is 380 g/mol. The number of carbonyl (C=O) groups excluding carboxylic acids is 1. The number of rotatable bonds is 4. The highest BCUT2D eigenvalue weighted by molar-refractivity contribution is 7.89. The Morgan fingerprint density at radius 2 is 1.77 bits per heavy atom. The van der Waals surface area contributed by atoms with E-state index in [1.165, 1.54) is 15.2 Å². The van der Waals surface area contributed by atoms with Crippen LogP contribution in [0.1, 0.15) is 10.4 Å². The summed E-state index contributed by atoms with van der Waals surface area (Å²) in [5, 5.41) is -0.0849. The van der Waals surface area contributed by atoms with Gasteiger partial charge in [0.05, 0.1) is 13.4 Å². The molecule has 0 unspecified atom stereocenters. The van der Waals surface area contributed by atoms with Gasteiger partial charge in [-0.15, -0.1) is 0 Å². The molecule has 0 radical (unpaired) electrons. The fraction of sp³-hybridized carbons (Fsp3) is 0.375. The van der Waals surface area contributed by atoms with Gasteiger partial charge in [0.25, 0.3) is 15.9 Å². The average molecular weight is 399 g/mol. The molecule has 26 heavy (non-hydrogen) atoms. The molecule has 0 spiro atoms. The maximum atomic E-state index is 12.7. The standard InChI is InChI=1S/C16H19ClN4O4S/c1-19-11-18-15(14(19)17)26(23,24)21-9-7-20(8-10-21)16(22)12-3-5-13(25-2)6-4-12/h3-6,11H,7-10H2,1-2H3. The van der Waals surface area contributed by atoms with Crippen LogP contribution in [0.4, 0.5) is 0 Å². The van der Waals surface area contributed by atoms with Crippen molar-refractivity contribution in [2.75, 3.05) is 33.3 Å². The van der Waals surface area contributed by atoms with Crippen molar-refractivity contribution in [1.82, 2.24) is 18.8 Å². The number of halogens is 1. The molecule has 0 aliphatic carbocycles. The number of aryl methyl sites for hydroxylation is 1. The van der Waals surface area contributed by atoms with Crippen LogP contribution < -0.4 is 4.74 Å². The lowest BCUT2D eigenvalue weighted by Gasteiger charge is -2.33. The third kappa shape index (κ3) is 3.42. The first-order chi connectivity index (χ1) is 12.3. The van der Waals surface area contributed by atoms with Gasteiger partial charge < -0.3 is 14.2 Å². The Hall–Kier alpha value is -2.10. The average Bonchev–Trinajstić information content (AvgIpc) is 3.01. The van der Waals surface area contributed by atoms with Crippen LogP contribution in [0, 0.1) is 0 Å². The van der Waals surface area contributed by atoms with Crippen molar-refractivity contribution in [3.63, 3.8) is 0 Å². The zero-order valence-corrected chi connectivity index (χ0v) is 16.0. The van der Waals surface area contributed by atoms with E-state index in [1.54, 1.807) is 43.3 Å². The van der Waals surface area contributed by atoms with Gasteiger partial charge in [-0.25, -0.2) is 13.4 Å². The number of piperazine rings is 1. The Labute approximate surface area is 157 Å². The Morgan fingerprint density at radius 1 is 1.15 bits per heavy atom. The zero-order valence-electron chi connectivity index (χ0n) is 14.4. The van der Waals surface area contributed by atoms with Crippen molar-refractivity contribution in [3.05, 3.63) is 41.3 Å². The Morgan fingerprint density at radius 3 is 2.27 bits per heavy atom. The van der Waals surface area contributed by atoms with Crippen LogP contribution in [-0.2, 0) is 17.1 Å². The summed E-state index contributed by atoms with van der Waals surface area (Å²) < 4.78 is 33.2. The molecule has 0 saturated carbocycles. The molecular formula is C16H19ClN4O4S. The monoisotopic (exact) mass is 398 g/mol. The predicted molar refractivity (Wildman–Crippen MR) is 95.9 cm³/mol. The second-order valence-corrected chi connectivity index (χ2v) is 8.09. The lowest BCUT2D eigenvalue weighted by atomic mass is 10.2. The number of methoxy groups -OCH3 is 1. The quantitative estimate of drug-likeness (QED) is 0.773. The molecule has 1 amide bonds. The van der Waals surface area contributed by atoms with Crippen LogP contribution >= 0.6 is 11.6 Å². The SMILES string of the molecule is COc1ccc(C(=O)N2CCN(S(=O)(=O)c3ncn(C)c3Cl)CC2)cc1. The highest BCUT2D eigenvalue weighted by Crippen LogP contribution is 2.24. The van der Waals surface area contributed by atoms with Gasteiger partial charge >= 0.3 is 0 Å². The van der Waals surface area contributed by atoms with Crippen molar-refractivity contribution in [2.45, 2.75) is 5.03 Å². The first-order valence-corrected chi connectivity index (χ1v) is 9.76. The van der Waals surface area contributed by atoms with Crippen LogP contribution in [0.2, 0.25) is 5.15 Å². The summed E-state index contributed by atoms with van der Waals surface area (Å²) >= 11 is 6.02. The van der Waals surface area contributed by atoms with Crippen molar-refractivity contribution in [3.8, 4) is 5.75 Å². The molecule has 1 aromatic carbocycles. The minimum atomic E-state index is -3.78. The number of sulfonamides is 1. The van der Waals surface area contributed by atoms with Crippen LogP contribution in [0.3, 0.4) is 0 Å². The van der Waals surface area contributed by atoms with E-state index >= 15 is 0 Å². The summed E-state index contributed by atoms with van der Waals surface area (Å²) in [5.74, 6) is 0.533. The third-order valence-corrected chi connectivity index (χ3v) is 6.67. The number of imidazole rings is 1. The van der Waals surface area contributed by atoms with Gasteiger partial charge in [-0.1, -0.05) is 11.6 Å². The van der Waals surface area contributed by atoms with Gasteiger partial charge in [0, 0.05) is 38.8 Å². The molecule has 0 bridgehead atoms. The number of nitrogens with zero attached hydrogens (tertiary/aromatic N) is 4. The molecule has 1 aliphatic rings. The molecule has 1 aromatic heterocycles. The van der Waals surface area contributed by atoms with Crippen LogP contribution in [-0.4, -0.2) is 66.4 Å². The predicted octanol–water partition coefficient (Wildman–Crippen LogP) is 1.23. The first kappa shape index (κ1) is 18.7. The minimum absolute atomic E-state index is 0.0711. The Kier molecular flexibility index (Phi) is 5.22. The van der Waals surface area contributed by atoms with Gasteiger partial charge in [0.1, 0.15) is 10.9 Å². The summed E-state index contributed by atoms with van der Waals surface area (Å²) in [6.45, 7) is 0.983. The van der Waals surface area contributed by atoms with E-state index in [9.17, 15) is 13.2 Å². The van der Waals surface area contributed by atoms with Gasteiger partial charge in [0.2, 0.25) is 5.03 Å². The summed E-state index contributed by atoms with van der Waals surface area (Å²) in [5.41, 5.74) is 0.537. The minimum Gasteiger partial charge on any atom is -0.497 e. The molecule has 0 atom stereocenters. The fourth-order valence-electron chi connectivity index (χ4n) is 2.74. The summed E-state index contributed by atoms with van der Waals surface area (Å²) in [6.07, 6.45) is 1.36. The van der Waals surface area contributed by atoms with Crippen LogP contribution in [0.5, 0.6) is 5.75 Å². The van der Waals surface area contributed by atoms with Crippen LogP contribution in [0.25, 0.3) is 0 Å². The number of hydrogen-bond donors (Lipinski definition) is 0. The van der Waals surface area contributed by atoms with E-state index in [0.717, 1.165) is 0 Å². The molecule has 1 aliphatic heterocycles. The molecule has 2 heterocycles. The zero-order chi connectivity index (χ0) is 18.9. The maximum absolute atomic E-state index is 12.7. The summed E-state index contributed by atoms with van der Waals surface area (Å²) in [7, 11) is -0.595. The molecule has 3 rings (SSSR count). The van der Waals surface area contributed by atoms with Crippen LogP contribution in [0.15, 0.2) is 35.6 Å². The van der Waals surface area contributed by atoms with Crippen molar-refractivity contribution in [1.29, 1.82) is 0 Å². The van der Waals surface area contributed by atoms with E-state index in [4.69, 9.17) is 16.3 Å². The second kappa shape index (κ2) is 7.26.